The molecule has 0 spiro atoms. The first-order valence-electron chi connectivity index (χ1n) is 7.95. The number of hydrogen-bond donors (Lipinski definition) is 0. The Hall–Kier alpha value is -1.39. The van der Waals surface area contributed by atoms with Crippen molar-refractivity contribution in [3.63, 3.8) is 0 Å². The molecule has 4 nitrogen and oxygen atoms in total. The van der Waals surface area contributed by atoms with Crippen LogP contribution in [0.15, 0.2) is 36.5 Å². The third kappa shape index (κ3) is 4.12. The molecule has 0 N–H and O–H groups in total. The minimum atomic E-state index is 0.186. The summed E-state index contributed by atoms with van der Waals surface area (Å²) >= 11 is 2.49. The second-order valence-electron chi connectivity index (χ2n) is 6.33. The average Bonchev–Trinajstić information content (AvgIpc) is 2.97. The van der Waals surface area contributed by atoms with Crippen LogP contribution in [0.25, 0.3) is 11.3 Å². The number of nitrogens with zero attached hydrogens (tertiary/aromatic N) is 4. The summed E-state index contributed by atoms with van der Waals surface area (Å²) in [6, 6.07) is 13.1. The van der Waals surface area contributed by atoms with Gasteiger partial charge in [-0.05, 0) is 37.6 Å². The molecule has 3 rings (SSSR count). The quantitative estimate of drug-likeness (QED) is 0.559. The topological polar surface area (TPSA) is 44.9 Å². The van der Waals surface area contributed by atoms with E-state index >= 15 is 0 Å². The van der Waals surface area contributed by atoms with E-state index in [1.165, 1.54) is 5.56 Å². The number of nitriles is 1. The van der Waals surface area contributed by atoms with Gasteiger partial charge in [0, 0.05) is 35.2 Å². The third-order valence-electron chi connectivity index (χ3n) is 4.52. The van der Waals surface area contributed by atoms with Crippen molar-refractivity contribution in [3.8, 4) is 17.3 Å². The van der Waals surface area contributed by atoms with Crippen molar-refractivity contribution in [1.29, 1.82) is 5.26 Å². The molecule has 0 amide bonds. The molecule has 1 aromatic carbocycles. The molecule has 1 aliphatic rings. The predicted molar refractivity (Wildman–Crippen MR) is 100 cm³/mol. The van der Waals surface area contributed by atoms with Crippen molar-refractivity contribution < 1.29 is 0 Å². The molecule has 0 unspecified atom stereocenters. The maximum atomic E-state index is 8.93. The summed E-state index contributed by atoms with van der Waals surface area (Å²) < 4.78 is 2.01. The predicted octanol–water partition coefficient (Wildman–Crippen LogP) is 3.77. The molecular weight excluding hydrogens is 399 g/mol. The van der Waals surface area contributed by atoms with E-state index in [2.05, 4.69) is 62.9 Å². The Kier molecular flexibility index (Phi) is 5.02. The second-order valence-corrected chi connectivity index (χ2v) is 8.62. The number of aryl methyl sites for hydroxylation is 1. The van der Waals surface area contributed by atoms with Gasteiger partial charge >= 0.3 is 0 Å². The summed E-state index contributed by atoms with van der Waals surface area (Å²) in [5.41, 5.74) is 3.52. The lowest BCUT2D eigenvalue weighted by atomic mass is 9.93. The van der Waals surface area contributed by atoms with Gasteiger partial charge in [0.1, 0.15) is 0 Å². The SMILES string of the molecule is Cn1ccc(-c2ccc(CN3CCC(I)(CC#N)CC3)cc2)n1. The molecule has 5 heteroatoms. The first-order valence-corrected chi connectivity index (χ1v) is 9.03. The van der Waals surface area contributed by atoms with Crippen LogP contribution in [0.2, 0.25) is 0 Å². The Morgan fingerprint density at radius 2 is 1.91 bits per heavy atom. The Labute approximate surface area is 151 Å². The molecule has 120 valence electrons. The molecule has 1 aromatic heterocycles. The van der Waals surface area contributed by atoms with Crippen LogP contribution >= 0.6 is 22.6 Å². The van der Waals surface area contributed by atoms with Crippen LogP contribution in [0.5, 0.6) is 0 Å². The van der Waals surface area contributed by atoms with Gasteiger partial charge in [-0.3, -0.25) is 9.58 Å². The van der Waals surface area contributed by atoms with Gasteiger partial charge in [-0.25, -0.2) is 0 Å². The molecule has 2 heterocycles. The number of rotatable bonds is 4. The standard InChI is InChI=1S/C18H21IN4/c1-22-11-6-17(21-22)16-4-2-15(3-5-16)14-23-12-8-18(19,7-10-20)9-13-23/h2-6,11H,7-9,12-14H2,1H3. The summed E-state index contributed by atoms with van der Waals surface area (Å²) in [6.45, 7) is 3.14. The number of alkyl halides is 1. The maximum absolute atomic E-state index is 8.93. The average molecular weight is 420 g/mol. The normalized spacial score (nSPS) is 17.8. The minimum absolute atomic E-state index is 0.186. The highest BCUT2D eigenvalue weighted by Gasteiger charge is 2.31. The van der Waals surface area contributed by atoms with Gasteiger partial charge in [0.2, 0.25) is 0 Å². The van der Waals surface area contributed by atoms with Crippen LogP contribution in [-0.2, 0) is 13.6 Å². The summed E-state index contributed by atoms with van der Waals surface area (Å²) in [7, 11) is 1.94. The van der Waals surface area contributed by atoms with Crippen LogP contribution in [0.4, 0.5) is 0 Å². The Balaban J connectivity index is 1.58. The summed E-state index contributed by atoms with van der Waals surface area (Å²) in [5, 5.41) is 13.4. The van der Waals surface area contributed by atoms with Crippen LogP contribution in [0, 0.1) is 11.3 Å². The van der Waals surface area contributed by atoms with Crippen molar-refractivity contribution in [2.75, 3.05) is 13.1 Å². The molecule has 0 bridgehead atoms. The Morgan fingerprint density at radius 3 is 2.48 bits per heavy atom. The zero-order valence-electron chi connectivity index (χ0n) is 13.4. The lowest BCUT2D eigenvalue weighted by Crippen LogP contribution is -2.40. The second kappa shape index (κ2) is 7.02. The lowest BCUT2D eigenvalue weighted by Gasteiger charge is -2.36. The van der Waals surface area contributed by atoms with Gasteiger partial charge in [-0.1, -0.05) is 46.9 Å². The van der Waals surface area contributed by atoms with E-state index in [1.54, 1.807) is 0 Å². The number of aromatic nitrogens is 2. The molecule has 1 aliphatic heterocycles. The van der Waals surface area contributed by atoms with Crippen molar-refractivity contribution in [1.82, 2.24) is 14.7 Å². The van der Waals surface area contributed by atoms with E-state index in [4.69, 9.17) is 5.26 Å². The van der Waals surface area contributed by atoms with E-state index < -0.39 is 0 Å². The highest BCUT2D eigenvalue weighted by Crippen LogP contribution is 2.35. The maximum Gasteiger partial charge on any atom is 0.0923 e. The highest BCUT2D eigenvalue weighted by molar-refractivity contribution is 14.1. The summed E-state index contributed by atoms with van der Waals surface area (Å²) in [5.74, 6) is 0. The zero-order chi connectivity index (χ0) is 16.3. The number of hydrogen-bond acceptors (Lipinski definition) is 3. The molecule has 1 saturated heterocycles. The molecule has 2 aromatic rings. The number of halogens is 1. The van der Waals surface area contributed by atoms with Crippen molar-refractivity contribution in [2.45, 2.75) is 29.2 Å². The van der Waals surface area contributed by atoms with E-state index in [-0.39, 0.29) is 3.42 Å². The number of benzene rings is 1. The fourth-order valence-corrected chi connectivity index (χ4v) is 3.69. The minimum Gasteiger partial charge on any atom is -0.299 e. The van der Waals surface area contributed by atoms with Gasteiger partial charge in [0.05, 0.1) is 11.8 Å². The molecule has 0 saturated carbocycles. The van der Waals surface area contributed by atoms with E-state index in [0.29, 0.717) is 6.42 Å². The molecule has 0 aliphatic carbocycles. The van der Waals surface area contributed by atoms with Crippen molar-refractivity contribution >= 4 is 22.6 Å². The van der Waals surface area contributed by atoms with Crippen LogP contribution in [0.3, 0.4) is 0 Å². The summed E-state index contributed by atoms with van der Waals surface area (Å²) in [6.07, 6.45) is 4.84. The Morgan fingerprint density at radius 1 is 1.22 bits per heavy atom. The Bertz CT molecular complexity index is 691. The van der Waals surface area contributed by atoms with Crippen LogP contribution < -0.4 is 0 Å². The van der Waals surface area contributed by atoms with Crippen LogP contribution in [0.1, 0.15) is 24.8 Å². The molecule has 0 atom stereocenters. The molecule has 0 radical (unpaired) electrons. The van der Waals surface area contributed by atoms with E-state index in [9.17, 15) is 0 Å². The van der Waals surface area contributed by atoms with Crippen molar-refractivity contribution in [2.24, 2.45) is 7.05 Å². The van der Waals surface area contributed by atoms with Gasteiger partial charge in [-0.2, -0.15) is 10.4 Å². The smallest absolute Gasteiger partial charge is 0.0923 e. The fourth-order valence-electron chi connectivity index (χ4n) is 3.04. The monoisotopic (exact) mass is 420 g/mol. The highest BCUT2D eigenvalue weighted by atomic mass is 127. The number of piperidine rings is 1. The first-order chi connectivity index (χ1) is 11.1. The van der Waals surface area contributed by atoms with Gasteiger partial charge in [0.25, 0.3) is 0 Å². The fraction of sp³-hybridized carbons (Fsp3) is 0.444. The van der Waals surface area contributed by atoms with E-state index in [1.807, 2.05) is 24.0 Å². The summed E-state index contributed by atoms with van der Waals surface area (Å²) in [4.78, 5) is 2.49. The molecular formula is C18H21IN4. The van der Waals surface area contributed by atoms with Crippen molar-refractivity contribution in [3.05, 3.63) is 42.1 Å². The van der Waals surface area contributed by atoms with Crippen LogP contribution in [-0.4, -0.2) is 31.2 Å². The lowest BCUT2D eigenvalue weighted by molar-refractivity contribution is 0.199. The van der Waals surface area contributed by atoms with E-state index in [0.717, 1.165) is 43.7 Å². The van der Waals surface area contributed by atoms with Gasteiger partial charge in [0.15, 0.2) is 0 Å². The van der Waals surface area contributed by atoms with Gasteiger partial charge < -0.3 is 0 Å². The first kappa shape index (κ1) is 16.5. The third-order valence-corrected chi connectivity index (χ3v) is 5.98. The van der Waals surface area contributed by atoms with Gasteiger partial charge in [-0.15, -0.1) is 0 Å². The zero-order valence-corrected chi connectivity index (χ0v) is 15.5. The molecule has 23 heavy (non-hydrogen) atoms. The molecule has 1 fully saturated rings. The number of likely N-dealkylation sites (tertiary alicyclic amines) is 1. The largest absolute Gasteiger partial charge is 0.299 e.